The van der Waals surface area contributed by atoms with Crippen molar-refractivity contribution in [2.75, 3.05) is 18.6 Å². The second-order valence-electron chi connectivity index (χ2n) is 5.41. The first-order valence-corrected chi connectivity index (χ1v) is 8.71. The number of hydrogen-bond acceptors (Lipinski definition) is 5. The van der Waals surface area contributed by atoms with Gasteiger partial charge in [-0.15, -0.1) is 0 Å². The van der Waals surface area contributed by atoms with Gasteiger partial charge in [-0.3, -0.25) is 4.79 Å². The highest BCUT2D eigenvalue weighted by molar-refractivity contribution is 7.91. The topological polar surface area (TPSA) is 89.8 Å². The molecule has 1 saturated heterocycles. The fraction of sp³-hybridized carbons (Fsp3) is 0.429. The molecule has 0 radical (unpaired) electrons. The van der Waals surface area contributed by atoms with Crippen molar-refractivity contribution in [3.63, 3.8) is 0 Å². The summed E-state index contributed by atoms with van der Waals surface area (Å²) in [7, 11) is -1.74. The van der Waals surface area contributed by atoms with Crippen molar-refractivity contribution in [1.29, 1.82) is 0 Å². The molecule has 1 aliphatic rings. The second-order valence-corrected chi connectivity index (χ2v) is 7.56. The van der Waals surface area contributed by atoms with E-state index in [2.05, 4.69) is 10.3 Å². The number of aromatic nitrogens is 2. The Kier molecular flexibility index (Phi) is 3.65. The molecule has 0 aliphatic carbocycles. The Balaban J connectivity index is 1.86. The zero-order valence-electron chi connectivity index (χ0n) is 12.3. The molecular weight excluding hydrogens is 306 g/mol. The number of rotatable bonds is 3. The third kappa shape index (κ3) is 2.59. The summed E-state index contributed by atoms with van der Waals surface area (Å²) in [6.07, 6.45) is 1.30. The molecule has 0 bridgehead atoms. The van der Waals surface area contributed by atoms with Gasteiger partial charge in [-0.05, 0) is 19.1 Å². The molecule has 3 heterocycles. The molecule has 1 amide bonds. The smallest absolute Gasteiger partial charge is 0.272 e. The number of ether oxygens (including phenoxy) is 1. The average molecular weight is 323 g/mol. The molecule has 2 atom stereocenters. The Hall–Kier alpha value is -1.93. The summed E-state index contributed by atoms with van der Waals surface area (Å²) in [5, 5.41) is 2.73. The monoisotopic (exact) mass is 323 g/mol. The van der Waals surface area contributed by atoms with E-state index in [1.807, 2.05) is 28.8 Å². The van der Waals surface area contributed by atoms with Crippen molar-refractivity contribution in [3.8, 4) is 0 Å². The number of nitrogens with zero attached hydrogens (tertiary/aromatic N) is 2. The minimum atomic E-state index is -3.18. The first kappa shape index (κ1) is 15.0. The van der Waals surface area contributed by atoms with Crippen LogP contribution < -0.4 is 5.32 Å². The van der Waals surface area contributed by atoms with Gasteiger partial charge in [0.1, 0.15) is 11.3 Å². The Labute approximate surface area is 128 Å². The van der Waals surface area contributed by atoms with Crippen molar-refractivity contribution in [2.24, 2.45) is 0 Å². The quantitative estimate of drug-likeness (QED) is 0.870. The van der Waals surface area contributed by atoms with Crippen molar-refractivity contribution in [1.82, 2.24) is 14.7 Å². The molecule has 2 aromatic heterocycles. The van der Waals surface area contributed by atoms with Crippen LogP contribution in [0, 0.1) is 6.92 Å². The van der Waals surface area contributed by atoms with E-state index in [-0.39, 0.29) is 17.4 Å². The molecule has 3 rings (SSSR count). The maximum absolute atomic E-state index is 12.4. The summed E-state index contributed by atoms with van der Waals surface area (Å²) in [6.45, 7) is 1.80. The van der Waals surface area contributed by atoms with Crippen molar-refractivity contribution in [3.05, 3.63) is 35.8 Å². The second kappa shape index (κ2) is 5.36. The van der Waals surface area contributed by atoms with Crippen LogP contribution in [0.25, 0.3) is 5.65 Å². The van der Waals surface area contributed by atoms with Crippen LogP contribution in [0.1, 0.15) is 16.2 Å². The van der Waals surface area contributed by atoms with Gasteiger partial charge in [-0.25, -0.2) is 13.4 Å². The lowest BCUT2D eigenvalue weighted by atomic mass is 10.2. The molecular formula is C14H17N3O4S. The van der Waals surface area contributed by atoms with E-state index in [1.165, 1.54) is 7.11 Å². The number of imidazole rings is 1. The van der Waals surface area contributed by atoms with E-state index >= 15 is 0 Å². The highest BCUT2D eigenvalue weighted by Gasteiger charge is 2.39. The van der Waals surface area contributed by atoms with Gasteiger partial charge in [0.15, 0.2) is 9.84 Å². The largest absolute Gasteiger partial charge is 0.378 e. The Morgan fingerprint density at radius 1 is 1.41 bits per heavy atom. The Morgan fingerprint density at radius 3 is 2.86 bits per heavy atom. The minimum Gasteiger partial charge on any atom is -0.378 e. The number of hydrogen-bond donors (Lipinski definition) is 1. The van der Waals surface area contributed by atoms with Crippen LogP contribution >= 0.6 is 0 Å². The Bertz CT molecular complexity index is 828. The molecule has 8 heteroatoms. The van der Waals surface area contributed by atoms with E-state index in [0.29, 0.717) is 17.0 Å². The summed E-state index contributed by atoms with van der Waals surface area (Å²) in [5.74, 6) is -0.562. The van der Waals surface area contributed by atoms with E-state index in [1.54, 1.807) is 6.92 Å². The summed E-state index contributed by atoms with van der Waals surface area (Å²) < 4.78 is 30.3. The summed E-state index contributed by atoms with van der Waals surface area (Å²) in [6, 6.07) is 4.95. The number of methoxy groups -OCH3 is 1. The molecule has 7 nitrogen and oxygen atoms in total. The SMILES string of the molecule is CO[C@@H]1CS(=O)(=O)C[C@H]1NC(=O)c1nc2ccccn2c1C. The first-order valence-electron chi connectivity index (χ1n) is 6.89. The zero-order valence-corrected chi connectivity index (χ0v) is 13.1. The van der Waals surface area contributed by atoms with Crippen LogP contribution in [-0.4, -0.2) is 54.5 Å². The first-order chi connectivity index (χ1) is 10.4. The third-order valence-electron chi connectivity index (χ3n) is 3.90. The maximum Gasteiger partial charge on any atom is 0.272 e. The lowest BCUT2D eigenvalue weighted by Crippen LogP contribution is -2.43. The maximum atomic E-state index is 12.4. The predicted molar refractivity (Wildman–Crippen MR) is 80.6 cm³/mol. The lowest BCUT2D eigenvalue weighted by molar-refractivity contribution is 0.0782. The molecule has 1 fully saturated rings. The van der Waals surface area contributed by atoms with Crippen molar-refractivity contribution in [2.45, 2.75) is 19.1 Å². The zero-order chi connectivity index (χ0) is 15.9. The summed E-state index contributed by atoms with van der Waals surface area (Å²) in [4.78, 5) is 16.7. The van der Waals surface area contributed by atoms with E-state index in [4.69, 9.17) is 4.74 Å². The molecule has 22 heavy (non-hydrogen) atoms. The number of carbonyl (C=O) groups is 1. The number of aryl methyl sites for hydroxylation is 1. The van der Waals surface area contributed by atoms with Gasteiger partial charge in [-0.2, -0.15) is 0 Å². The highest BCUT2D eigenvalue weighted by atomic mass is 32.2. The number of amides is 1. The molecule has 0 unspecified atom stereocenters. The van der Waals surface area contributed by atoms with Crippen molar-refractivity contribution >= 4 is 21.4 Å². The van der Waals surface area contributed by atoms with Gasteiger partial charge in [0, 0.05) is 13.3 Å². The van der Waals surface area contributed by atoms with Crippen LogP contribution in [0.5, 0.6) is 0 Å². The Morgan fingerprint density at radius 2 is 2.18 bits per heavy atom. The fourth-order valence-corrected chi connectivity index (χ4v) is 4.60. The van der Waals surface area contributed by atoms with Gasteiger partial charge in [-0.1, -0.05) is 6.07 Å². The molecule has 1 N–H and O–H groups in total. The molecule has 0 spiro atoms. The van der Waals surface area contributed by atoms with E-state index in [0.717, 1.165) is 0 Å². The molecule has 1 aliphatic heterocycles. The number of carbonyl (C=O) groups excluding carboxylic acids is 1. The summed E-state index contributed by atoms with van der Waals surface area (Å²) in [5.41, 5.74) is 1.68. The van der Waals surface area contributed by atoms with Gasteiger partial charge in [0.2, 0.25) is 0 Å². The number of pyridine rings is 1. The van der Waals surface area contributed by atoms with Gasteiger partial charge >= 0.3 is 0 Å². The van der Waals surface area contributed by atoms with Crippen LogP contribution in [0.3, 0.4) is 0 Å². The third-order valence-corrected chi connectivity index (χ3v) is 5.61. The number of nitrogens with one attached hydrogen (secondary N) is 1. The molecule has 118 valence electrons. The predicted octanol–water partition coefficient (Wildman–Crippen LogP) is 0.185. The number of sulfone groups is 1. The standard InChI is InChI=1S/C14H17N3O4S/c1-9-13(16-12-5-3-4-6-17(9)12)14(18)15-10-7-22(19,20)8-11(10)21-2/h3-6,10-11H,7-8H2,1-2H3,(H,15,18)/t10-,11-/m1/s1. The highest BCUT2D eigenvalue weighted by Crippen LogP contribution is 2.17. The van der Waals surface area contributed by atoms with Gasteiger partial charge in [0.25, 0.3) is 5.91 Å². The van der Waals surface area contributed by atoms with E-state index < -0.39 is 22.0 Å². The molecule has 2 aromatic rings. The van der Waals surface area contributed by atoms with Crippen LogP contribution in [-0.2, 0) is 14.6 Å². The van der Waals surface area contributed by atoms with Gasteiger partial charge < -0.3 is 14.5 Å². The van der Waals surface area contributed by atoms with Crippen LogP contribution in [0.2, 0.25) is 0 Å². The number of fused-ring (bicyclic) bond motifs is 1. The molecule has 0 saturated carbocycles. The van der Waals surface area contributed by atoms with Crippen LogP contribution in [0.15, 0.2) is 24.4 Å². The average Bonchev–Trinajstić information content (AvgIpc) is 2.96. The fourth-order valence-electron chi connectivity index (χ4n) is 2.75. The summed E-state index contributed by atoms with van der Waals surface area (Å²) >= 11 is 0. The normalized spacial score (nSPS) is 23.7. The van der Waals surface area contributed by atoms with Crippen LogP contribution in [0.4, 0.5) is 0 Å². The van der Waals surface area contributed by atoms with Gasteiger partial charge in [0.05, 0.1) is 29.3 Å². The minimum absolute atomic E-state index is 0.0708. The van der Waals surface area contributed by atoms with E-state index in [9.17, 15) is 13.2 Å². The van der Waals surface area contributed by atoms with Crippen molar-refractivity contribution < 1.29 is 17.9 Å². The molecule has 0 aromatic carbocycles. The lowest BCUT2D eigenvalue weighted by Gasteiger charge is -2.17.